The Hall–Kier alpha value is -0.380. The number of rotatable bonds is 3. The Morgan fingerprint density at radius 2 is 1.93 bits per heavy atom. The van der Waals surface area contributed by atoms with E-state index in [-0.39, 0.29) is 18.1 Å². The molecule has 1 aromatic rings. The molecule has 1 aromatic carbocycles. The van der Waals surface area contributed by atoms with E-state index in [1.54, 1.807) is 0 Å². The summed E-state index contributed by atoms with van der Waals surface area (Å²) in [5.41, 5.74) is 7.28. The van der Waals surface area contributed by atoms with Gasteiger partial charge in [-0.15, -0.1) is 0 Å². The van der Waals surface area contributed by atoms with Gasteiger partial charge in [0, 0.05) is 15.9 Å². The maximum absolute atomic E-state index is 9.43. The van der Waals surface area contributed by atoms with Crippen LogP contribution in [0.2, 0.25) is 0 Å². The maximum Gasteiger partial charge on any atom is 0.0505 e. The summed E-state index contributed by atoms with van der Waals surface area (Å²) < 4.78 is 1.06. The third kappa shape index (κ3) is 1.96. The van der Waals surface area contributed by atoms with Gasteiger partial charge in [-0.05, 0) is 30.5 Å². The summed E-state index contributed by atoms with van der Waals surface area (Å²) in [7, 11) is 0. The van der Waals surface area contributed by atoms with Crippen LogP contribution >= 0.6 is 15.9 Å². The smallest absolute Gasteiger partial charge is 0.0505 e. The van der Waals surface area contributed by atoms with Gasteiger partial charge in [-0.3, -0.25) is 0 Å². The Bertz CT molecular complexity index is 326. The molecule has 0 aromatic heterocycles. The Balaban J connectivity index is 2.19. The summed E-state index contributed by atoms with van der Waals surface area (Å²) in [5.74, 6) is 0. The van der Waals surface area contributed by atoms with Crippen LogP contribution in [0.3, 0.4) is 0 Å². The van der Waals surface area contributed by atoms with Crippen LogP contribution in [0.4, 0.5) is 0 Å². The average molecular weight is 270 g/mol. The van der Waals surface area contributed by atoms with Gasteiger partial charge in [-0.2, -0.15) is 0 Å². The Morgan fingerprint density at radius 3 is 2.33 bits per heavy atom. The van der Waals surface area contributed by atoms with Gasteiger partial charge in [-0.1, -0.05) is 34.5 Å². The first kappa shape index (κ1) is 11.1. The van der Waals surface area contributed by atoms with Crippen molar-refractivity contribution in [2.24, 2.45) is 11.1 Å². The minimum Gasteiger partial charge on any atom is -0.396 e. The second-order valence-corrected chi connectivity index (χ2v) is 5.32. The molecule has 0 spiro atoms. The Labute approximate surface area is 98.6 Å². The number of aliphatic hydroxyl groups excluding tert-OH is 1. The van der Waals surface area contributed by atoms with Gasteiger partial charge >= 0.3 is 0 Å². The summed E-state index contributed by atoms with van der Waals surface area (Å²) in [4.78, 5) is 0. The zero-order valence-electron chi connectivity index (χ0n) is 8.62. The maximum atomic E-state index is 9.43. The molecule has 0 aliphatic heterocycles. The zero-order valence-corrected chi connectivity index (χ0v) is 10.2. The molecule has 0 radical (unpaired) electrons. The Kier molecular flexibility index (Phi) is 3.14. The summed E-state index contributed by atoms with van der Waals surface area (Å²) in [5, 5.41) is 9.43. The van der Waals surface area contributed by atoms with E-state index in [1.807, 2.05) is 24.3 Å². The first-order chi connectivity index (χ1) is 7.18. The second-order valence-electron chi connectivity index (χ2n) is 4.40. The minimum atomic E-state index is -0.0617. The number of benzene rings is 1. The molecule has 15 heavy (non-hydrogen) atoms. The van der Waals surface area contributed by atoms with Crippen molar-refractivity contribution in [1.82, 2.24) is 0 Å². The summed E-state index contributed by atoms with van der Waals surface area (Å²) in [6, 6.07) is 8.02. The van der Waals surface area contributed by atoms with Crippen LogP contribution in [-0.2, 0) is 0 Å². The molecule has 0 heterocycles. The van der Waals surface area contributed by atoms with Crippen LogP contribution in [0.25, 0.3) is 0 Å². The first-order valence-corrected chi connectivity index (χ1v) is 6.09. The number of hydrogen-bond donors (Lipinski definition) is 2. The molecule has 2 rings (SSSR count). The number of halogens is 1. The predicted molar refractivity (Wildman–Crippen MR) is 64.4 cm³/mol. The lowest BCUT2D eigenvalue weighted by Crippen LogP contribution is -2.43. The summed E-state index contributed by atoms with van der Waals surface area (Å²) in [6.07, 6.45) is 3.27. The van der Waals surface area contributed by atoms with Gasteiger partial charge in [0.2, 0.25) is 0 Å². The van der Waals surface area contributed by atoms with Crippen LogP contribution in [0, 0.1) is 5.41 Å². The van der Waals surface area contributed by atoms with E-state index in [9.17, 15) is 5.11 Å². The molecule has 1 saturated carbocycles. The second kappa shape index (κ2) is 4.24. The lowest BCUT2D eigenvalue weighted by molar-refractivity contribution is 0.0184. The fraction of sp³-hybridized carbons (Fsp3) is 0.500. The van der Waals surface area contributed by atoms with E-state index in [2.05, 4.69) is 15.9 Å². The van der Waals surface area contributed by atoms with Crippen LogP contribution in [0.5, 0.6) is 0 Å². The molecule has 0 amide bonds. The van der Waals surface area contributed by atoms with Crippen LogP contribution < -0.4 is 5.73 Å². The molecule has 82 valence electrons. The van der Waals surface area contributed by atoms with Gasteiger partial charge in [0.25, 0.3) is 0 Å². The SMILES string of the molecule is NC(c1ccc(Br)cc1)C1(CO)CCC1. The van der Waals surface area contributed by atoms with E-state index in [4.69, 9.17) is 5.73 Å². The van der Waals surface area contributed by atoms with Gasteiger partial charge in [0.05, 0.1) is 6.61 Å². The largest absolute Gasteiger partial charge is 0.396 e. The highest BCUT2D eigenvalue weighted by atomic mass is 79.9. The highest BCUT2D eigenvalue weighted by Crippen LogP contribution is 2.48. The van der Waals surface area contributed by atoms with Crippen molar-refractivity contribution in [3.05, 3.63) is 34.3 Å². The fourth-order valence-corrected chi connectivity index (χ4v) is 2.49. The molecule has 0 saturated heterocycles. The monoisotopic (exact) mass is 269 g/mol. The molecule has 3 N–H and O–H groups in total. The van der Waals surface area contributed by atoms with E-state index in [0.717, 1.165) is 22.9 Å². The molecule has 1 fully saturated rings. The third-order valence-corrected chi connectivity index (χ3v) is 4.08. The highest BCUT2D eigenvalue weighted by molar-refractivity contribution is 9.10. The molecule has 1 atom stereocenters. The quantitative estimate of drug-likeness (QED) is 0.886. The van der Waals surface area contributed by atoms with Gasteiger partial charge < -0.3 is 10.8 Å². The van der Waals surface area contributed by atoms with Crippen LogP contribution in [0.15, 0.2) is 28.7 Å². The van der Waals surface area contributed by atoms with E-state index in [1.165, 1.54) is 6.42 Å². The van der Waals surface area contributed by atoms with Crippen LogP contribution in [-0.4, -0.2) is 11.7 Å². The van der Waals surface area contributed by atoms with Gasteiger partial charge in [0.1, 0.15) is 0 Å². The summed E-state index contributed by atoms with van der Waals surface area (Å²) in [6.45, 7) is 0.199. The molecule has 1 unspecified atom stereocenters. The molecular weight excluding hydrogens is 254 g/mol. The van der Waals surface area contributed by atoms with Crippen molar-refractivity contribution in [3.8, 4) is 0 Å². The lowest BCUT2D eigenvalue weighted by Gasteiger charge is -2.45. The molecule has 0 bridgehead atoms. The van der Waals surface area contributed by atoms with Crippen molar-refractivity contribution >= 4 is 15.9 Å². The third-order valence-electron chi connectivity index (χ3n) is 3.55. The average Bonchev–Trinajstić information content (AvgIpc) is 2.18. The van der Waals surface area contributed by atoms with E-state index >= 15 is 0 Å². The molecule has 1 aliphatic carbocycles. The number of nitrogens with two attached hydrogens (primary N) is 1. The predicted octanol–water partition coefficient (Wildman–Crippen LogP) is 2.61. The number of hydrogen-bond acceptors (Lipinski definition) is 2. The van der Waals surface area contributed by atoms with Gasteiger partial charge in [0.15, 0.2) is 0 Å². The lowest BCUT2D eigenvalue weighted by atomic mass is 9.63. The van der Waals surface area contributed by atoms with Crippen molar-refractivity contribution < 1.29 is 5.11 Å². The van der Waals surface area contributed by atoms with E-state index < -0.39 is 0 Å². The molecule has 1 aliphatic rings. The zero-order chi connectivity index (χ0) is 10.9. The van der Waals surface area contributed by atoms with Crippen LogP contribution in [0.1, 0.15) is 30.9 Å². The fourth-order valence-electron chi connectivity index (χ4n) is 2.22. The minimum absolute atomic E-state index is 0.0376. The van der Waals surface area contributed by atoms with E-state index in [0.29, 0.717) is 0 Å². The standard InChI is InChI=1S/C12H16BrNO/c13-10-4-2-9(3-5-10)11(14)12(8-15)6-1-7-12/h2-5,11,15H,1,6-8,14H2. The topological polar surface area (TPSA) is 46.2 Å². The van der Waals surface area contributed by atoms with Crippen molar-refractivity contribution in [1.29, 1.82) is 0 Å². The van der Waals surface area contributed by atoms with Crippen molar-refractivity contribution in [2.75, 3.05) is 6.61 Å². The summed E-state index contributed by atoms with van der Waals surface area (Å²) >= 11 is 3.40. The normalized spacial score (nSPS) is 20.7. The van der Waals surface area contributed by atoms with Crippen molar-refractivity contribution in [2.45, 2.75) is 25.3 Å². The molecule has 3 heteroatoms. The number of aliphatic hydroxyl groups is 1. The van der Waals surface area contributed by atoms with Gasteiger partial charge in [-0.25, -0.2) is 0 Å². The van der Waals surface area contributed by atoms with Crippen molar-refractivity contribution in [3.63, 3.8) is 0 Å². The Morgan fingerprint density at radius 1 is 1.33 bits per heavy atom. The molecular formula is C12H16BrNO. The molecule has 2 nitrogen and oxygen atoms in total. The first-order valence-electron chi connectivity index (χ1n) is 5.30. The highest BCUT2D eigenvalue weighted by Gasteiger charge is 2.42.